The SMILES string of the molecule is COc1ccc(C(C)NCc2cccnc2)c(F)c1. The molecule has 2 rings (SSSR count). The number of aromatic nitrogens is 1. The summed E-state index contributed by atoms with van der Waals surface area (Å²) in [5.41, 5.74) is 1.70. The van der Waals surface area contributed by atoms with Gasteiger partial charge in [0, 0.05) is 36.6 Å². The van der Waals surface area contributed by atoms with Crippen LogP contribution in [0.1, 0.15) is 24.1 Å². The van der Waals surface area contributed by atoms with Crippen LogP contribution < -0.4 is 10.1 Å². The molecule has 0 radical (unpaired) electrons. The molecular weight excluding hydrogens is 243 g/mol. The maximum atomic E-state index is 13.9. The van der Waals surface area contributed by atoms with Crippen LogP contribution in [-0.4, -0.2) is 12.1 Å². The van der Waals surface area contributed by atoms with Gasteiger partial charge >= 0.3 is 0 Å². The van der Waals surface area contributed by atoms with Gasteiger partial charge < -0.3 is 10.1 Å². The fourth-order valence-electron chi connectivity index (χ4n) is 1.87. The van der Waals surface area contributed by atoms with E-state index in [1.54, 1.807) is 24.5 Å². The summed E-state index contributed by atoms with van der Waals surface area (Å²) < 4.78 is 18.9. The number of methoxy groups -OCH3 is 1. The van der Waals surface area contributed by atoms with Crippen molar-refractivity contribution < 1.29 is 9.13 Å². The predicted octanol–water partition coefficient (Wildman–Crippen LogP) is 3.08. The molecule has 1 heterocycles. The van der Waals surface area contributed by atoms with Gasteiger partial charge in [-0.05, 0) is 24.6 Å². The monoisotopic (exact) mass is 260 g/mol. The second-order valence-corrected chi connectivity index (χ2v) is 4.35. The van der Waals surface area contributed by atoms with Crippen molar-refractivity contribution in [2.75, 3.05) is 7.11 Å². The quantitative estimate of drug-likeness (QED) is 0.897. The Kier molecular flexibility index (Phi) is 4.47. The van der Waals surface area contributed by atoms with Crippen molar-refractivity contribution in [1.82, 2.24) is 10.3 Å². The van der Waals surface area contributed by atoms with Crippen molar-refractivity contribution in [3.63, 3.8) is 0 Å². The molecule has 0 amide bonds. The molecule has 100 valence electrons. The van der Waals surface area contributed by atoms with Crippen LogP contribution >= 0.6 is 0 Å². The third-order valence-corrected chi connectivity index (χ3v) is 3.01. The molecule has 1 unspecified atom stereocenters. The van der Waals surface area contributed by atoms with Gasteiger partial charge in [0.2, 0.25) is 0 Å². The van der Waals surface area contributed by atoms with Crippen LogP contribution in [0.2, 0.25) is 0 Å². The van der Waals surface area contributed by atoms with Gasteiger partial charge in [-0.3, -0.25) is 4.98 Å². The van der Waals surface area contributed by atoms with E-state index in [2.05, 4.69) is 10.3 Å². The standard InChI is InChI=1S/C15H17FN2O/c1-11(18-10-12-4-3-7-17-9-12)14-6-5-13(19-2)8-15(14)16/h3-9,11,18H,10H2,1-2H3. The van der Waals surface area contributed by atoms with Gasteiger partial charge in [-0.2, -0.15) is 0 Å². The summed E-state index contributed by atoms with van der Waals surface area (Å²) in [6.07, 6.45) is 3.53. The fourth-order valence-corrected chi connectivity index (χ4v) is 1.87. The van der Waals surface area contributed by atoms with E-state index in [1.807, 2.05) is 19.1 Å². The number of pyridine rings is 1. The van der Waals surface area contributed by atoms with E-state index in [0.717, 1.165) is 5.56 Å². The van der Waals surface area contributed by atoms with Crippen LogP contribution in [0.15, 0.2) is 42.7 Å². The molecule has 2 aromatic rings. The normalized spacial score (nSPS) is 12.2. The molecule has 1 aromatic heterocycles. The van der Waals surface area contributed by atoms with Gasteiger partial charge in [0.25, 0.3) is 0 Å². The third kappa shape index (κ3) is 3.51. The second kappa shape index (κ2) is 6.29. The van der Waals surface area contributed by atoms with Gasteiger partial charge in [0.1, 0.15) is 11.6 Å². The number of hydrogen-bond donors (Lipinski definition) is 1. The first-order chi connectivity index (χ1) is 9.20. The lowest BCUT2D eigenvalue weighted by atomic mass is 10.1. The first kappa shape index (κ1) is 13.5. The van der Waals surface area contributed by atoms with Crippen molar-refractivity contribution >= 4 is 0 Å². The van der Waals surface area contributed by atoms with Crippen LogP contribution in [-0.2, 0) is 6.54 Å². The first-order valence-electron chi connectivity index (χ1n) is 6.16. The van der Waals surface area contributed by atoms with Crippen molar-refractivity contribution in [1.29, 1.82) is 0 Å². The molecule has 0 fully saturated rings. The molecule has 0 aliphatic heterocycles. The highest BCUT2D eigenvalue weighted by Crippen LogP contribution is 2.21. The summed E-state index contributed by atoms with van der Waals surface area (Å²) in [5, 5.41) is 3.27. The Morgan fingerprint density at radius 1 is 1.37 bits per heavy atom. The molecular formula is C15H17FN2O. The second-order valence-electron chi connectivity index (χ2n) is 4.35. The van der Waals surface area contributed by atoms with E-state index in [1.165, 1.54) is 13.2 Å². The van der Waals surface area contributed by atoms with Gasteiger partial charge in [-0.1, -0.05) is 12.1 Å². The fraction of sp³-hybridized carbons (Fsp3) is 0.267. The Morgan fingerprint density at radius 3 is 2.84 bits per heavy atom. The molecule has 1 atom stereocenters. The molecule has 1 aromatic carbocycles. The highest BCUT2D eigenvalue weighted by Gasteiger charge is 2.11. The minimum atomic E-state index is -0.259. The van der Waals surface area contributed by atoms with Gasteiger partial charge in [-0.25, -0.2) is 4.39 Å². The molecule has 0 saturated carbocycles. The number of nitrogens with one attached hydrogen (secondary N) is 1. The van der Waals surface area contributed by atoms with Crippen LogP contribution in [0.3, 0.4) is 0 Å². The minimum absolute atomic E-state index is 0.0777. The largest absolute Gasteiger partial charge is 0.497 e. The summed E-state index contributed by atoms with van der Waals surface area (Å²) in [4.78, 5) is 4.04. The Hall–Kier alpha value is -1.94. The Balaban J connectivity index is 2.02. The zero-order chi connectivity index (χ0) is 13.7. The minimum Gasteiger partial charge on any atom is -0.497 e. The van der Waals surface area contributed by atoms with E-state index in [9.17, 15) is 4.39 Å². The third-order valence-electron chi connectivity index (χ3n) is 3.01. The molecule has 0 spiro atoms. The van der Waals surface area contributed by atoms with E-state index >= 15 is 0 Å². The Morgan fingerprint density at radius 2 is 2.21 bits per heavy atom. The smallest absolute Gasteiger partial charge is 0.131 e. The highest BCUT2D eigenvalue weighted by atomic mass is 19.1. The maximum Gasteiger partial charge on any atom is 0.131 e. The van der Waals surface area contributed by atoms with E-state index in [0.29, 0.717) is 17.9 Å². The van der Waals surface area contributed by atoms with Crippen LogP contribution in [0.5, 0.6) is 5.75 Å². The van der Waals surface area contributed by atoms with Crippen molar-refractivity contribution in [3.8, 4) is 5.75 Å². The number of halogens is 1. The molecule has 4 heteroatoms. The van der Waals surface area contributed by atoms with Gasteiger partial charge in [-0.15, -0.1) is 0 Å². The molecule has 19 heavy (non-hydrogen) atoms. The summed E-state index contributed by atoms with van der Waals surface area (Å²) in [7, 11) is 1.53. The number of ether oxygens (including phenoxy) is 1. The summed E-state index contributed by atoms with van der Waals surface area (Å²) in [5.74, 6) is 0.270. The van der Waals surface area contributed by atoms with Crippen LogP contribution in [0, 0.1) is 5.82 Å². The zero-order valence-corrected chi connectivity index (χ0v) is 11.1. The van der Waals surface area contributed by atoms with Gasteiger partial charge in [0.15, 0.2) is 0 Å². The highest BCUT2D eigenvalue weighted by molar-refractivity contribution is 5.30. The average molecular weight is 260 g/mol. The average Bonchev–Trinajstić information content (AvgIpc) is 2.45. The first-order valence-corrected chi connectivity index (χ1v) is 6.16. The van der Waals surface area contributed by atoms with Crippen LogP contribution in [0.4, 0.5) is 4.39 Å². The summed E-state index contributed by atoms with van der Waals surface area (Å²) >= 11 is 0. The molecule has 0 aliphatic rings. The maximum absolute atomic E-state index is 13.9. The Labute approximate surface area is 112 Å². The number of nitrogens with zero attached hydrogens (tertiary/aromatic N) is 1. The zero-order valence-electron chi connectivity index (χ0n) is 11.1. The lowest BCUT2D eigenvalue weighted by Gasteiger charge is -2.15. The summed E-state index contributed by atoms with van der Waals surface area (Å²) in [6.45, 7) is 2.59. The Bertz CT molecular complexity index is 531. The molecule has 3 nitrogen and oxygen atoms in total. The number of rotatable bonds is 5. The molecule has 1 N–H and O–H groups in total. The lowest BCUT2D eigenvalue weighted by molar-refractivity contribution is 0.409. The van der Waals surface area contributed by atoms with Crippen molar-refractivity contribution in [3.05, 3.63) is 59.7 Å². The predicted molar refractivity (Wildman–Crippen MR) is 72.4 cm³/mol. The molecule has 0 saturated heterocycles. The topological polar surface area (TPSA) is 34.1 Å². The van der Waals surface area contributed by atoms with E-state index < -0.39 is 0 Å². The van der Waals surface area contributed by atoms with Gasteiger partial charge in [0.05, 0.1) is 7.11 Å². The van der Waals surface area contributed by atoms with Crippen LogP contribution in [0.25, 0.3) is 0 Å². The lowest BCUT2D eigenvalue weighted by Crippen LogP contribution is -2.19. The summed E-state index contributed by atoms with van der Waals surface area (Å²) in [6, 6.07) is 8.70. The number of hydrogen-bond acceptors (Lipinski definition) is 3. The molecule has 0 bridgehead atoms. The van der Waals surface area contributed by atoms with Crippen molar-refractivity contribution in [2.45, 2.75) is 19.5 Å². The van der Waals surface area contributed by atoms with E-state index in [-0.39, 0.29) is 11.9 Å². The van der Waals surface area contributed by atoms with Crippen molar-refractivity contribution in [2.24, 2.45) is 0 Å². The molecule has 0 aliphatic carbocycles. The number of benzene rings is 1. The van der Waals surface area contributed by atoms with E-state index in [4.69, 9.17) is 4.74 Å².